The van der Waals surface area contributed by atoms with Gasteiger partial charge in [0.05, 0.1) is 17.1 Å². The topological polar surface area (TPSA) is 52.4 Å². The molecule has 1 unspecified atom stereocenters. The molecule has 0 spiro atoms. The van der Waals surface area contributed by atoms with Crippen LogP contribution in [0, 0.1) is 15.9 Å². The molecule has 0 aliphatic rings. The lowest BCUT2D eigenvalue weighted by atomic mass is 9.98. The van der Waals surface area contributed by atoms with Gasteiger partial charge in [0.1, 0.15) is 17.3 Å². The predicted molar refractivity (Wildman–Crippen MR) is 78.3 cm³/mol. The van der Waals surface area contributed by atoms with E-state index in [9.17, 15) is 14.5 Å². The SMILES string of the molecule is CCC(C)c1ccccc1Oc1cc(F)cc([N+](=O)[O-])c1. The fraction of sp³-hybridized carbons (Fsp3) is 0.250. The van der Waals surface area contributed by atoms with Gasteiger partial charge in [-0.3, -0.25) is 10.1 Å². The number of hydrogen-bond donors (Lipinski definition) is 0. The first-order valence-corrected chi connectivity index (χ1v) is 6.73. The molecule has 21 heavy (non-hydrogen) atoms. The van der Waals surface area contributed by atoms with Crippen LogP contribution in [-0.4, -0.2) is 4.92 Å². The third kappa shape index (κ3) is 3.56. The lowest BCUT2D eigenvalue weighted by Gasteiger charge is -2.15. The minimum Gasteiger partial charge on any atom is -0.457 e. The molecule has 5 heteroatoms. The Balaban J connectivity index is 2.36. The minimum atomic E-state index is -0.694. The molecule has 0 bridgehead atoms. The highest BCUT2D eigenvalue weighted by atomic mass is 19.1. The standard InChI is InChI=1S/C16H16FNO3/c1-3-11(2)15-6-4-5-7-16(15)21-14-9-12(17)8-13(10-14)18(19)20/h4-11H,3H2,1-2H3. The zero-order valence-corrected chi connectivity index (χ0v) is 11.9. The quantitative estimate of drug-likeness (QED) is 0.572. The van der Waals surface area contributed by atoms with Crippen LogP contribution in [0.1, 0.15) is 31.7 Å². The van der Waals surface area contributed by atoms with Crippen molar-refractivity contribution in [2.75, 3.05) is 0 Å². The van der Waals surface area contributed by atoms with E-state index in [0.717, 1.165) is 24.1 Å². The third-order valence-electron chi connectivity index (χ3n) is 3.36. The number of nitro groups is 1. The summed E-state index contributed by atoms with van der Waals surface area (Å²) in [5, 5.41) is 10.8. The van der Waals surface area contributed by atoms with Gasteiger partial charge in [0.2, 0.25) is 0 Å². The van der Waals surface area contributed by atoms with E-state index in [4.69, 9.17) is 4.74 Å². The van der Waals surface area contributed by atoms with Crippen molar-refractivity contribution in [1.82, 2.24) is 0 Å². The summed E-state index contributed by atoms with van der Waals surface area (Å²) in [5.74, 6) is 0.300. The summed E-state index contributed by atoms with van der Waals surface area (Å²) < 4.78 is 19.1. The Labute approximate surface area is 122 Å². The van der Waals surface area contributed by atoms with Crippen LogP contribution in [-0.2, 0) is 0 Å². The molecule has 2 aromatic rings. The van der Waals surface area contributed by atoms with Crippen molar-refractivity contribution in [3.8, 4) is 11.5 Å². The van der Waals surface area contributed by atoms with Crippen molar-refractivity contribution < 1.29 is 14.1 Å². The van der Waals surface area contributed by atoms with Gasteiger partial charge in [-0.25, -0.2) is 4.39 Å². The molecular formula is C16H16FNO3. The van der Waals surface area contributed by atoms with E-state index in [-0.39, 0.29) is 17.4 Å². The van der Waals surface area contributed by atoms with Crippen molar-refractivity contribution in [3.63, 3.8) is 0 Å². The molecule has 0 aliphatic heterocycles. The van der Waals surface area contributed by atoms with Gasteiger partial charge in [-0.2, -0.15) is 0 Å². The lowest BCUT2D eigenvalue weighted by molar-refractivity contribution is -0.385. The second-order valence-electron chi connectivity index (χ2n) is 4.85. The molecule has 110 valence electrons. The summed E-state index contributed by atoms with van der Waals surface area (Å²) in [5.41, 5.74) is 0.665. The molecule has 0 aliphatic carbocycles. The van der Waals surface area contributed by atoms with Crippen molar-refractivity contribution in [1.29, 1.82) is 0 Å². The largest absolute Gasteiger partial charge is 0.457 e. The van der Waals surface area contributed by atoms with Gasteiger partial charge in [0.25, 0.3) is 5.69 Å². The van der Waals surface area contributed by atoms with Crippen LogP contribution in [0.5, 0.6) is 11.5 Å². The smallest absolute Gasteiger partial charge is 0.276 e. The van der Waals surface area contributed by atoms with Crippen molar-refractivity contribution in [2.45, 2.75) is 26.2 Å². The molecule has 4 nitrogen and oxygen atoms in total. The van der Waals surface area contributed by atoms with Crippen LogP contribution in [0.3, 0.4) is 0 Å². The molecule has 1 atom stereocenters. The first-order chi connectivity index (χ1) is 10.0. The average molecular weight is 289 g/mol. The Morgan fingerprint density at radius 1 is 1.29 bits per heavy atom. The number of rotatable bonds is 5. The first-order valence-electron chi connectivity index (χ1n) is 6.73. The fourth-order valence-electron chi connectivity index (χ4n) is 2.04. The molecule has 0 radical (unpaired) electrons. The van der Waals surface area contributed by atoms with E-state index < -0.39 is 10.7 Å². The van der Waals surface area contributed by atoms with Crippen LogP contribution in [0.4, 0.5) is 10.1 Å². The van der Waals surface area contributed by atoms with Gasteiger partial charge in [0, 0.05) is 6.07 Å². The molecule has 0 aromatic heterocycles. The maximum absolute atomic E-state index is 13.4. The second kappa shape index (κ2) is 6.35. The Bertz CT molecular complexity index is 658. The van der Waals surface area contributed by atoms with Crippen molar-refractivity contribution in [2.24, 2.45) is 0 Å². The number of para-hydroxylation sites is 1. The second-order valence-corrected chi connectivity index (χ2v) is 4.85. The average Bonchev–Trinajstić information content (AvgIpc) is 2.46. The molecular weight excluding hydrogens is 273 g/mol. The summed E-state index contributed by atoms with van der Waals surface area (Å²) >= 11 is 0. The molecule has 2 rings (SSSR count). The summed E-state index contributed by atoms with van der Waals surface area (Å²) in [6.45, 7) is 4.13. The molecule has 0 fully saturated rings. The number of hydrogen-bond acceptors (Lipinski definition) is 3. The third-order valence-corrected chi connectivity index (χ3v) is 3.36. The number of ether oxygens (including phenoxy) is 1. The summed E-state index contributed by atoms with van der Waals surface area (Å²) in [4.78, 5) is 10.1. The van der Waals surface area contributed by atoms with Gasteiger partial charge in [-0.15, -0.1) is 0 Å². The molecule has 0 amide bonds. The van der Waals surface area contributed by atoms with Crippen molar-refractivity contribution >= 4 is 5.69 Å². The number of halogens is 1. The Morgan fingerprint density at radius 3 is 2.67 bits per heavy atom. The Kier molecular flexibility index (Phi) is 4.52. The zero-order chi connectivity index (χ0) is 15.4. The van der Waals surface area contributed by atoms with Crippen LogP contribution >= 0.6 is 0 Å². The van der Waals surface area contributed by atoms with Crippen molar-refractivity contribution in [3.05, 3.63) is 64.0 Å². The first kappa shape index (κ1) is 15.0. The van der Waals surface area contributed by atoms with E-state index in [1.54, 1.807) is 6.07 Å². The maximum Gasteiger partial charge on any atom is 0.276 e. The van der Waals surface area contributed by atoms with E-state index in [2.05, 4.69) is 13.8 Å². The van der Waals surface area contributed by atoms with E-state index in [1.165, 1.54) is 6.07 Å². The molecule has 0 heterocycles. The summed E-state index contributed by atoms with van der Waals surface area (Å²) in [6, 6.07) is 10.7. The van der Waals surface area contributed by atoms with E-state index in [0.29, 0.717) is 5.75 Å². The lowest BCUT2D eigenvalue weighted by Crippen LogP contribution is -1.97. The normalized spacial score (nSPS) is 12.0. The van der Waals surface area contributed by atoms with Crippen LogP contribution in [0.2, 0.25) is 0 Å². The minimum absolute atomic E-state index is 0.123. The molecule has 2 aromatic carbocycles. The Hall–Kier alpha value is -2.43. The number of nitrogens with zero attached hydrogens (tertiary/aromatic N) is 1. The number of non-ortho nitro benzene ring substituents is 1. The van der Waals surface area contributed by atoms with E-state index in [1.807, 2.05) is 18.2 Å². The van der Waals surface area contributed by atoms with Crippen LogP contribution < -0.4 is 4.74 Å². The number of nitro benzene ring substituents is 1. The summed E-state index contributed by atoms with van der Waals surface area (Å²) in [6.07, 6.45) is 0.934. The van der Waals surface area contributed by atoms with Gasteiger partial charge < -0.3 is 4.74 Å². The zero-order valence-electron chi connectivity index (χ0n) is 11.9. The van der Waals surface area contributed by atoms with Crippen LogP contribution in [0.25, 0.3) is 0 Å². The van der Waals surface area contributed by atoms with Gasteiger partial charge in [-0.1, -0.05) is 32.0 Å². The molecule has 0 N–H and O–H groups in total. The fourth-order valence-corrected chi connectivity index (χ4v) is 2.04. The molecule has 0 saturated carbocycles. The highest BCUT2D eigenvalue weighted by molar-refractivity contribution is 5.44. The van der Waals surface area contributed by atoms with E-state index >= 15 is 0 Å². The monoisotopic (exact) mass is 289 g/mol. The van der Waals surface area contributed by atoms with Crippen LogP contribution in [0.15, 0.2) is 42.5 Å². The summed E-state index contributed by atoms with van der Waals surface area (Å²) in [7, 11) is 0. The maximum atomic E-state index is 13.4. The predicted octanol–water partition coefficient (Wildman–Crippen LogP) is 5.04. The molecule has 0 saturated heterocycles. The highest BCUT2D eigenvalue weighted by Gasteiger charge is 2.14. The highest BCUT2D eigenvalue weighted by Crippen LogP contribution is 2.33. The van der Waals surface area contributed by atoms with Gasteiger partial charge in [-0.05, 0) is 24.0 Å². The van der Waals surface area contributed by atoms with Gasteiger partial charge >= 0.3 is 0 Å². The Morgan fingerprint density at radius 2 is 2.00 bits per heavy atom. The van der Waals surface area contributed by atoms with Gasteiger partial charge in [0.15, 0.2) is 0 Å². The number of benzene rings is 2.